The van der Waals surface area contributed by atoms with E-state index in [1.54, 1.807) is 4.90 Å². The van der Waals surface area contributed by atoms with Crippen molar-refractivity contribution in [2.45, 2.75) is 25.3 Å². The zero-order valence-electron chi connectivity index (χ0n) is 12.8. The molecular formula is C17H23N3O2. The Balaban J connectivity index is 1.88. The fourth-order valence-corrected chi connectivity index (χ4v) is 3.25. The Bertz CT molecular complexity index is 526. The van der Waals surface area contributed by atoms with Gasteiger partial charge in [-0.2, -0.15) is 0 Å². The summed E-state index contributed by atoms with van der Waals surface area (Å²) < 4.78 is 0. The molecule has 0 saturated carbocycles. The zero-order valence-corrected chi connectivity index (χ0v) is 12.8. The highest BCUT2D eigenvalue weighted by atomic mass is 16.2. The van der Waals surface area contributed by atoms with Gasteiger partial charge in [-0.15, -0.1) is 0 Å². The van der Waals surface area contributed by atoms with Gasteiger partial charge in [-0.1, -0.05) is 30.3 Å². The number of piperazine rings is 1. The SMILES string of the molecule is O=C(C(c1ccccc1)N1CCCCC1=O)N1CCNCC1. The third-order valence-corrected chi connectivity index (χ3v) is 4.45. The first kappa shape index (κ1) is 15.0. The fraction of sp³-hybridized carbons (Fsp3) is 0.529. The van der Waals surface area contributed by atoms with E-state index in [9.17, 15) is 9.59 Å². The van der Waals surface area contributed by atoms with Crippen LogP contribution in [-0.4, -0.2) is 54.3 Å². The number of likely N-dealkylation sites (tertiary alicyclic amines) is 1. The van der Waals surface area contributed by atoms with Gasteiger partial charge in [-0.25, -0.2) is 0 Å². The number of carbonyl (C=O) groups is 2. The van der Waals surface area contributed by atoms with E-state index >= 15 is 0 Å². The van der Waals surface area contributed by atoms with Crippen LogP contribution in [0.15, 0.2) is 30.3 Å². The van der Waals surface area contributed by atoms with Crippen molar-refractivity contribution in [3.8, 4) is 0 Å². The van der Waals surface area contributed by atoms with Gasteiger partial charge in [0.05, 0.1) is 0 Å². The van der Waals surface area contributed by atoms with E-state index in [0.717, 1.165) is 31.5 Å². The van der Waals surface area contributed by atoms with Crippen LogP contribution in [0.4, 0.5) is 0 Å². The van der Waals surface area contributed by atoms with Gasteiger partial charge in [-0.05, 0) is 18.4 Å². The number of piperidine rings is 1. The van der Waals surface area contributed by atoms with E-state index < -0.39 is 6.04 Å². The Morgan fingerprint density at radius 3 is 2.45 bits per heavy atom. The maximum absolute atomic E-state index is 13.0. The van der Waals surface area contributed by atoms with Gasteiger partial charge in [-0.3, -0.25) is 9.59 Å². The van der Waals surface area contributed by atoms with Crippen LogP contribution < -0.4 is 5.32 Å². The number of benzene rings is 1. The van der Waals surface area contributed by atoms with Crippen LogP contribution in [0, 0.1) is 0 Å². The second-order valence-electron chi connectivity index (χ2n) is 5.93. The molecular weight excluding hydrogens is 278 g/mol. The van der Waals surface area contributed by atoms with Gasteiger partial charge in [0.1, 0.15) is 6.04 Å². The minimum absolute atomic E-state index is 0.0583. The molecule has 2 heterocycles. The predicted octanol–water partition coefficient (Wildman–Crippen LogP) is 1.17. The van der Waals surface area contributed by atoms with Crippen LogP contribution in [0.25, 0.3) is 0 Å². The van der Waals surface area contributed by atoms with Crippen molar-refractivity contribution in [3.05, 3.63) is 35.9 Å². The van der Waals surface area contributed by atoms with E-state index in [0.29, 0.717) is 26.1 Å². The Morgan fingerprint density at radius 1 is 1.05 bits per heavy atom. The summed E-state index contributed by atoms with van der Waals surface area (Å²) in [5.41, 5.74) is 0.918. The number of hydrogen-bond donors (Lipinski definition) is 1. The van der Waals surface area contributed by atoms with Crippen molar-refractivity contribution in [2.24, 2.45) is 0 Å². The second kappa shape index (κ2) is 6.92. The Hall–Kier alpha value is -1.88. The Kier molecular flexibility index (Phi) is 4.73. The van der Waals surface area contributed by atoms with E-state index in [2.05, 4.69) is 5.32 Å². The van der Waals surface area contributed by atoms with Gasteiger partial charge in [0.2, 0.25) is 11.8 Å². The summed E-state index contributed by atoms with van der Waals surface area (Å²) in [5, 5.41) is 3.26. The quantitative estimate of drug-likeness (QED) is 0.912. The number of amides is 2. The summed E-state index contributed by atoms with van der Waals surface area (Å²) in [7, 11) is 0. The van der Waals surface area contributed by atoms with Crippen molar-refractivity contribution in [1.29, 1.82) is 0 Å². The van der Waals surface area contributed by atoms with E-state index in [-0.39, 0.29) is 11.8 Å². The standard InChI is InChI=1S/C17H23N3O2/c21-15-8-4-5-11-20(15)16(14-6-2-1-3-7-14)17(22)19-12-9-18-10-13-19/h1-3,6-7,16,18H,4-5,8-13H2. The van der Waals surface area contributed by atoms with Crippen molar-refractivity contribution in [3.63, 3.8) is 0 Å². The smallest absolute Gasteiger partial charge is 0.250 e. The normalized spacial score (nSPS) is 20.8. The lowest BCUT2D eigenvalue weighted by atomic mass is 9.99. The van der Waals surface area contributed by atoms with Crippen LogP contribution in [0.3, 0.4) is 0 Å². The molecule has 5 heteroatoms. The molecule has 0 radical (unpaired) electrons. The van der Waals surface area contributed by atoms with Crippen molar-refractivity contribution < 1.29 is 9.59 Å². The Morgan fingerprint density at radius 2 is 1.77 bits per heavy atom. The number of carbonyl (C=O) groups excluding carboxylic acids is 2. The lowest BCUT2D eigenvalue weighted by Gasteiger charge is -2.38. The third kappa shape index (κ3) is 3.14. The van der Waals surface area contributed by atoms with E-state index in [1.165, 1.54) is 0 Å². The summed E-state index contributed by atoms with van der Waals surface area (Å²) in [5.74, 6) is 0.159. The molecule has 3 rings (SSSR count). The molecule has 2 aliphatic rings. The average molecular weight is 301 g/mol. The van der Waals surface area contributed by atoms with Gasteiger partial charge in [0, 0.05) is 39.1 Å². The highest BCUT2D eigenvalue weighted by molar-refractivity contribution is 5.89. The summed E-state index contributed by atoms with van der Waals surface area (Å²) in [6.45, 7) is 3.74. The van der Waals surface area contributed by atoms with Crippen LogP contribution in [0.1, 0.15) is 30.9 Å². The molecule has 2 amide bonds. The molecule has 2 saturated heterocycles. The predicted molar refractivity (Wildman–Crippen MR) is 84.2 cm³/mol. The molecule has 0 spiro atoms. The second-order valence-corrected chi connectivity index (χ2v) is 5.93. The molecule has 2 aliphatic heterocycles. The van der Waals surface area contributed by atoms with Gasteiger partial charge < -0.3 is 15.1 Å². The Labute approximate surface area is 131 Å². The van der Waals surface area contributed by atoms with Crippen molar-refractivity contribution in [1.82, 2.24) is 15.1 Å². The van der Waals surface area contributed by atoms with Crippen molar-refractivity contribution >= 4 is 11.8 Å². The molecule has 0 aliphatic carbocycles. The lowest BCUT2D eigenvalue weighted by molar-refractivity contribution is -0.148. The molecule has 1 unspecified atom stereocenters. The minimum Gasteiger partial charge on any atom is -0.338 e. The molecule has 1 atom stereocenters. The lowest BCUT2D eigenvalue weighted by Crippen LogP contribution is -2.52. The first-order valence-electron chi connectivity index (χ1n) is 8.11. The molecule has 0 bridgehead atoms. The molecule has 118 valence electrons. The molecule has 1 aromatic carbocycles. The molecule has 0 aromatic heterocycles. The van der Waals surface area contributed by atoms with Crippen molar-refractivity contribution in [2.75, 3.05) is 32.7 Å². The summed E-state index contributed by atoms with van der Waals surface area (Å²) in [6, 6.07) is 9.24. The fourth-order valence-electron chi connectivity index (χ4n) is 3.25. The number of nitrogens with zero attached hydrogens (tertiary/aromatic N) is 2. The topological polar surface area (TPSA) is 52.7 Å². The monoisotopic (exact) mass is 301 g/mol. The minimum atomic E-state index is -0.466. The van der Waals surface area contributed by atoms with Gasteiger partial charge in [0.15, 0.2) is 0 Å². The number of hydrogen-bond acceptors (Lipinski definition) is 3. The largest absolute Gasteiger partial charge is 0.338 e. The zero-order chi connectivity index (χ0) is 15.4. The first-order chi connectivity index (χ1) is 10.8. The highest BCUT2D eigenvalue weighted by Gasteiger charge is 2.35. The molecule has 5 nitrogen and oxygen atoms in total. The van der Waals surface area contributed by atoms with E-state index in [4.69, 9.17) is 0 Å². The van der Waals surface area contributed by atoms with Gasteiger partial charge >= 0.3 is 0 Å². The van der Waals surface area contributed by atoms with Crippen LogP contribution in [0.2, 0.25) is 0 Å². The third-order valence-electron chi connectivity index (χ3n) is 4.45. The summed E-state index contributed by atoms with van der Waals surface area (Å²) >= 11 is 0. The first-order valence-corrected chi connectivity index (χ1v) is 8.11. The molecule has 1 N–H and O–H groups in total. The number of nitrogens with one attached hydrogen (secondary N) is 1. The van der Waals surface area contributed by atoms with Crippen LogP contribution >= 0.6 is 0 Å². The van der Waals surface area contributed by atoms with Crippen LogP contribution in [0.5, 0.6) is 0 Å². The molecule has 1 aromatic rings. The van der Waals surface area contributed by atoms with E-state index in [1.807, 2.05) is 35.2 Å². The maximum atomic E-state index is 13.0. The number of rotatable bonds is 3. The average Bonchev–Trinajstić information content (AvgIpc) is 2.58. The van der Waals surface area contributed by atoms with Gasteiger partial charge in [0.25, 0.3) is 0 Å². The molecule has 22 heavy (non-hydrogen) atoms. The highest BCUT2D eigenvalue weighted by Crippen LogP contribution is 2.27. The molecule has 2 fully saturated rings. The maximum Gasteiger partial charge on any atom is 0.250 e. The summed E-state index contributed by atoms with van der Waals surface area (Å²) in [4.78, 5) is 29.1. The summed E-state index contributed by atoms with van der Waals surface area (Å²) in [6.07, 6.45) is 2.46. The van der Waals surface area contributed by atoms with Crippen LogP contribution in [-0.2, 0) is 9.59 Å².